The summed E-state index contributed by atoms with van der Waals surface area (Å²) >= 11 is 1.61. The summed E-state index contributed by atoms with van der Waals surface area (Å²) in [5.41, 5.74) is 2.32. The number of hydrogen-bond acceptors (Lipinski definition) is 3. The molecule has 1 N–H and O–H groups in total. The molecule has 5 heteroatoms. The van der Waals surface area contributed by atoms with Gasteiger partial charge in [-0.05, 0) is 67.0 Å². The van der Waals surface area contributed by atoms with Crippen LogP contribution in [-0.4, -0.2) is 28.4 Å². The van der Waals surface area contributed by atoms with Crippen LogP contribution >= 0.6 is 11.3 Å². The molecule has 134 valence electrons. The van der Waals surface area contributed by atoms with Gasteiger partial charge in [0.1, 0.15) is 0 Å². The van der Waals surface area contributed by atoms with Crippen molar-refractivity contribution < 1.29 is 9.53 Å². The largest absolute Gasteiger partial charge is 0.373 e. The lowest BCUT2D eigenvalue weighted by Gasteiger charge is -2.22. The number of nitrogens with one attached hydrogen (secondary N) is 1. The summed E-state index contributed by atoms with van der Waals surface area (Å²) < 4.78 is 5.76. The topological polar surface area (TPSA) is 45.3 Å². The minimum atomic E-state index is 0.163. The Morgan fingerprint density at radius 3 is 2.92 bits per heavy atom. The summed E-state index contributed by atoms with van der Waals surface area (Å²) in [7, 11) is 0. The van der Waals surface area contributed by atoms with Crippen molar-refractivity contribution >= 4 is 28.1 Å². The Morgan fingerprint density at radius 2 is 2.12 bits per heavy atom. The molecule has 3 aromatic rings. The highest BCUT2D eigenvalue weighted by Gasteiger charge is 2.34. The highest BCUT2D eigenvalue weighted by Crippen LogP contribution is 2.36. The number of thiophene rings is 1. The van der Waals surface area contributed by atoms with Gasteiger partial charge in [0.05, 0.1) is 11.0 Å². The fourth-order valence-electron chi connectivity index (χ4n) is 3.74. The average Bonchev–Trinajstić information content (AvgIpc) is 3.11. The minimum Gasteiger partial charge on any atom is -0.373 e. The van der Waals surface area contributed by atoms with Crippen LogP contribution in [0, 0.1) is 0 Å². The summed E-state index contributed by atoms with van der Waals surface area (Å²) in [5.74, 6) is 0.163. The molecule has 1 aliphatic heterocycles. The first-order chi connectivity index (χ1) is 12.8. The first-order valence-electron chi connectivity index (χ1n) is 9.36. The third-order valence-corrected chi connectivity index (χ3v) is 6.47. The first-order valence-corrected chi connectivity index (χ1v) is 10.2. The molecule has 2 aliphatic rings. The Bertz CT molecular complexity index is 934. The molecule has 0 unspecified atom stereocenters. The molecule has 0 radical (unpaired) electrons. The number of aromatic nitrogens is 1. The van der Waals surface area contributed by atoms with E-state index in [1.54, 1.807) is 11.3 Å². The second kappa shape index (κ2) is 6.56. The number of hydrogen-bond donors (Lipinski definition) is 1. The number of carbonyl (C=O) groups excluding carboxylic acids is 1. The van der Waals surface area contributed by atoms with Gasteiger partial charge < -0.3 is 14.6 Å². The lowest BCUT2D eigenvalue weighted by molar-refractivity contribution is 0.0735. The van der Waals surface area contributed by atoms with Gasteiger partial charge >= 0.3 is 0 Å². The number of rotatable bonds is 5. The van der Waals surface area contributed by atoms with Gasteiger partial charge in [0, 0.05) is 35.8 Å². The fourth-order valence-corrected chi connectivity index (χ4v) is 4.78. The molecule has 1 aliphatic carbocycles. The van der Waals surface area contributed by atoms with Gasteiger partial charge in [-0.15, -0.1) is 11.3 Å². The van der Waals surface area contributed by atoms with Crippen LogP contribution in [0.25, 0.3) is 10.9 Å². The molecule has 3 heterocycles. The van der Waals surface area contributed by atoms with E-state index in [4.69, 9.17) is 4.74 Å². The van der Waals surface area contributed by atoms with Crippen LogP contribution in [0.3, 0.4) is 0 Å². The lowest BCUT2D eigenvalue weighted by Crippen LogP contribution is -2.32. The zero-order chi connectivity index (χ0) is 17.5. The van der Waals surface area contributed by atoms with Crippen molar-refractivity contribution in [2.75, 3.05) is 6.61 Å². The quantitative estimate of drug-likeness (QED) is 0.699. The zero-order valence-corrected chi connectivity index (χ0v) is 15.4. The third kappa shape index (κ3) is 3.06. The molecule has 2 fully saturated rings. The molecule has 1 saturated heterocycles. The number of aromatic amines is 1. The Morgan fingerprint density at radius 1 is 1.19 bits per heavy atom. The normalized spacial score (nSPS) is 19.9. The molecular weight excluding hydrogens is 344 g/mol. The van der Waals surface area contributed by atoms with Crippen LogP contribution in [-0.2, 0) is 11.3 Å². The average molecular weight is 366 g/mol. The van der Waals surface area contributed by atoms with Crippen LogP contribution in [0.1, 0.15) is 51.9 Å². The first kappa shape index (κ1) is 16.1. The molecule has 2 aromatic heterocycles. The molecule has 1 atom stereocenters. The Hall–Kier alpha value is -2.11. The van der Waals surface area contributed by atoms with Crippen LogP contribution in [0.5, 0.6) is 0 Å². The maximum absolute atomic E-state index is 13.2. The second-order valence-corrected chi connectivity index (χ2v) is 8.38. The molecule has 0 spiro atoms. The fraction of sp³-hybridized carbons (Fsp3) is 0.381. The molecule has 5 rings (SSSR count). The van der Waals surface area contributed by atoms with E-state index in [1.165, 1.54) is 15.8 Å². The Labute approximate surface area is 156 Å². The van der Waals surface area contributed by atoms with Crippen LogP contribution in [0.15, 0.2) is 42.6 Å². The number of ether oxygens (including phenoxy) is 1. The smallest absolute Gasteiger partial charge is 0.264 e. The van der Waals surface area contributed by atoms with Gasteiger partial charge in [0.2, 0.25) is 0 Å². The van der Waals surface area contributed by atoms with Gasteiger partial charge in [-0.3, -0.25) is 4.79 Å². The second-order valence-electron chi connectivity index (χ2n) is 7.27. The van der Waals surface area contributed by atoms with Crippen LogP contribution in [0.4, 0.5) is 0 Å². The van der Waals surface area contributed by atoms with Crippen molar-refractivity contribution in [2.24, 2.45) is 0 Å². The molecule has 26 heavy (non-hydrogen) atoms. The minimum absolute atomic E-state index is 0.163. The van der Waals surface area contributed by atoms with E-state index in [-0.39, 0.29) is 12.0 Å². The number of H-pyrrole nitrogens is 1. The summed E-state index contributed by atoms with van der Waals surface area (Å²) in [6, 6.07) is 12.9. The molecule has 4 nitrogen and oxygen atoms in total. The van der Waals surface area contributed by atoms with Crippen molar-refractivity contribution in [2.45, 2.75) is 44.4 Å². The van der Waals surface area contributed by atoms with E-state index < -0.39 is 0 Å². The lowest BCUT2D eigenvalue weighted by atomic mass is 10.1. The van der Waals surface area contributed by atoms with Crippen LogP contribution < -0.4 is 0 Å². The number of carbonyl (C=O) groups is 1. The molecular formula is C21H22N2O2S. The molecule has 1 aromatic carbocycles. The summed E-state index contributed by atoms with van der Waals surface area (Å²) in [5, 5.41) is 1.20. The van der Waals surface area contributed by atoms with E-state index in [1.807, 2.05) is 12.3 Å². The SMILES string of the molecule is O=C(c1ccc([C@@H]2CCCO2)s1)N(Cc1ccc2[nH]ccc2c1)C1CC1. The molecule has 1 amide bonds. The predicted octanol–water partition coefficient (Wildman–Crippen LogP) is 4.89. The van der Waals surface area contributed by atoms with Crippen molar-refractivity contribution in [1.82, 2.24) is 9.88 Å². The number of amides is 1. The van der Waals surface area contributed by atoms with E-state index in [9.17, 15) is 4.79 Å². The van der Waals surface area contributed by atoms with E-state index in [2.05, 4.69) is 40.2 Å². The number of benzene rings is 1. The van der Waals surface area contributed by atoms with E-state index in [0.29, 0.717) is 12.6 Å². The number of fused-ring (bicyclic) bond motifs is 1. The zero-order valence-electron chi connectivity index (χ0n) is 14.6. The van der Waals surface area contributed by atoms with Crippen molar-refractivity contribution in [3.05, 3.63) is 57.9 Å². The van der Waals surface area contributed by atoms with Crippen molar-refractivity contribution in [3.8, 4) is 0 Å². The number of nitrogens with zero attached hydrogens (tertiary/aromatic N) is 1. The van der Waals surface area contributed by atoms with Crippen molar-refractivity contribution in [3.63, 3.8) is 0 Å². The van der Waals surface area contributed by atoms with Gasteiger partial charge in [0.25, 0.3) is 5.91 Å². The van der Waals surface area contributed by atoms with Gasteiger partial charge in [-0.25, -0.2) is 0 Å². The third-order valence-electron chi connectivity index (χ3n) is 5.30. The van der Waals surface area contributed by atoms with E-state index >= 15 is 0 Å². The maximum atomic E-state index is 13.2. The highest BCUT2D eigenvalue weighted by molar-refractivity contribution is 7.14. The van der Waals surface area contributed by atoms with Gasteiger partial charge in [0.15, 0.2) is 0 Å². The molecule has 0 bridgehead atoms. The van der Waals surface area contributed by atoms with Crippen LogP contribution in [0.2, 0.25) is 0 Å². The summed E-state index contributed by atoms with van der Waals surface area (Å²) in [4.78, 5) is 20.5. The summed E-state index contributed by atoms with van der Waals surface area (Å²) in [6.45, 7) is 1.51. The van der Waals surface area contributed by atoms with Gasteiger partial charge in [-0.1, -0.05) is 6.07 Å². The Kier molecular flexibility index (Phi) is 4.06. The highest BCUT2D eigenvalue weighted by atomic mass is 32.1. The van der Waals surface area contributed by atoms with Crippen molar-refractivity contribution in [1.29, 1.82) is 0 Å². The monoisotopic (exact) mass is 366 g/mol. The Balaban J connectivity index is 1.37. The van der Waals surface area contributed by atoms with E-state index in [0.717, 1.165) is 42.7 Å². The molecule has 1 saturated carbocycles. The predicted molar refractivity (Wildman–Crippen MR) is 103 cm³/mol. The van der Waals surface area contributed by atoms with Gasteiger partial charge in [-0.2, -0.15) is 0 Å². The summed E-state index contributed by atoms with van der Waals surface area (Å²) in [6.07, 6.45) is 6.55. The maximum Gasteiger partial charge on any atom is 0.264 e. The standard InChI is InChI=1S/C21H22N2O2S/c24-21(20-8-7-19(26-20)18-2-1-11-25-18)23(16-4-5-16)13-14-3-6-17-15(12-14)9-10-22-17/h3,6-10,12,16,18,22H,1-2,4-5,11,13H2/t18-/m0/s1.